The third-order valence-electron chi connectivity index (χ3n) is 3.02. The Balaban J connectivity index is 2.39. The number of sulfone groups is 1. The molecule has 10 heteroatoms. The lowest BCUT2D eigenvalue weighted by Crippen LogP contribution is -2.14. The first-order valence-corrected chi connectivity index (χ1v) is 9.77. The summed E-state index contributed by atoms with van der Waals surface area (Å²) in [4.78, 5) is 10.4. The molecule has 0 atom stereocenters. The Morgan fingerprint density at radius 3 is 2.17 bits per heavy atom. The molecular weight excluding hydrogens is 358 g/mol. The van der Waals surface area contributed by atoms with Gasteiger partial charge in [0, 0.05) is 12.3 Å². The number of carboxylic acid groups (broad SMARTS) is 1. The zero-order valence-corrected chi connectivity index (χ0v) is 13.9. The second-order valence-electron chi connectivity index (χ2n) is 4.89. The fraction of sp³-hybridized carbons (Fsp3) is 0.0714. The summed E-state index contributed by atoms with van der Waals surface area (Å²) >= 11 is 0. The van der Waals surface area contributed by atoms with Gasteiger partial charge in [-0.25, -0.2) is 21.6 Å². The van der Waals surface area contributed by atoms with Crippen LogP contribution in [0.3, 0.4) is 0 Å². The Bertz CT molecular complexity index is 1010. The predicted molar refractivity (Wildman–Crippen MR) is 85.4 cm³/mol. The van der Waals surface area contributed by atoms with E-state index in [4.69, 9.17) is 5.11 Å². The first-order valence-electron chi connectivity index (χ1n) is 6.40. The molecule has 0 unspecified atom stereocenters. The van der Waals surface area contributed by atoms with Crippen LogP contribution in [0.1, 0.15) is 10.4 Å². The van der Waals surface area contributed by atoms with E-state index in [1.807, 2.05) is 0 Å². The van der Waals surface area contributed by atoms with Crippen LogP contribution < -0.4 is 4.72 Å². The van der Waals surface area contributed by atoms with Gasteiger partial charge < -0.3 is 10.2 Å². The van der Waals surface area contributed by atoms with Crippen molar-refractivity contribution >= 4 is 31.5 Å². The SMILES string of the molecule is CS(=O)(=O)c1cccc(S(=O)(=O)Nc2ccc(C(=O)O)c(O)c2)c1. The minimum atomic E-state index is -4.12. The van der Waals surface area contributed by atoms with Gasteiger partial charge in [-0.1, -0.05) is 6.07 Å². The molecule has 0 radical (unpaired) electrons. The normalized spacial score (nSPS) is 11.9. The molecule has 0 aromatic heterocycles. The highest BCUT2D eigenvalue weighted by molar-refractivity contribution is 7.93. The van der Waals surface area contributed by atoms with Gasteiger partial charge in [-0.3, -0.25) is 4.72 Å². The van der Waals surface area contributed by atoms with E-state index in [1.165, 1.54) is 24.3 Å². The number of phenols is 1. The first kappa shape index (κ1) is 17.8. The van der Waals surface area contributed by atoms with Crippen LogP contribution in [0.2, 0.25) is 0 Å². The van der Waals surface area contributed by atoms with Gasteiger partial charge in [0.25, 0.3) is 10.0 Å². The highest BCUT2D eigenvalue weighted by Gasteiger charge is 2.18. The van der Waals surface area contributed by atoms with Crippen molar-refractivity contribution < 1.29 is 31.8 Å². The molecule has 0 aliphatic rings. The summed E-state index contributed by atoms with van der Waals surface area (Å²) in [5.74, 6) is -1.96. The summed E-state index contributed by atoms with van der Waals surface area (Å²) in [6, 6.07) is 7.93. The molecule has 0 saturated carbocycles. The average Bonchev–Trinajstić information content (AvgIpc) is 2.45. The number of aromatic hydroxyl groups is 1. The zero-order valence-electron chi connectivity index (χ0n) is 12.3. The van der Waals surface area contributed by atoms with Crippen molar-refractivity contribution in [2.24, 2.45) is 0 Å². The Labute approximate surface area is 138 Å². The number of aromatic carboxylic acids is 1. The average molecular weight is 371 g/mol. The molecule has 0 saturated heterocycles. The van der Waals surface area contributed by atoms with Crippen molar-refractivity contribution in [3.05, 3.63) is 48.0 Å². The molecule has 128 valence electrons. The van der Waals surface area contributed by atoms with Crippen LogP contribution in [-0.2, 0) is 19.9 Å². The van der Waals surface area contributed by atoms with E-state index in [2.05, 4.69) is 4.72 Å². The topological polar surface area (TPSA) is 138 Å². The van der Waals surface area contributed by atoms with Gasteiger partial charge >= 0.3 is 5.97 Å². The van der Waals surface area contributed by atoms with Crippen LogP contribution in [-0.4, -0.2) is 39.3 Å². The van der Waals surface area contributed by atoms with Gasteiger partial charge in [-0.05, 0) is 30.3 Å². The zero-order chi connectivity index (χ0) is 18.1. The Morgan fingerprint density at radius 1 is 1.00 bits per heavy atom. The molecule has 0 heterocycles. The number of hydrogen-bond acceptors (Lipinski definition) is 6. The third-order valence-corrected chi connectivity index (χ3v) is 5.51. The van der Waals surface area contributed by atoms with Crippen molar-refractivity contribution in [1.82, 2.24) is 0 Å². The molecule has 2 rings (SSSR count). The molecule has 24 heavy (non-hydrogen) atoms. The second kappa shape index (κ2) is 6.13. The van der Waals surface area contributed by atoms with E-state index in [0.717, 1.165) is 24.5 Å². The van der Waals surface area contributed by atoms with Gasteiger partial charge in [0.05, 0.1) is 15.5 Å². The number of carbonyl (C=O) groups is 1. The van der Waals surface area contributed by atoms with E-state index >= 15 is 0 Å². The summed E-state index contributed by atoms with van der Waals surface area (Å²) in [5, 5.41) is 18.4. The van der Waals surface area contributed by atoms with Crippen molar-refractivity contribution in [1.29, 1.82) is 0 Å². The molecule has 2 aromatic rings. The van der Waals surface area contributed by atoms with Crippen LogP contribution in [0.4, 0.5) is 5.69 Å². The molecule has 2 aromatic carbocycles. The first-order chi connectivity index (χ1) is 11.0. The molecule has 0 fully saturated rings. The highest BCUT2D eigenvalue weighted by Crippen LogP contribution is 2.25. The molecule has 0 amide bonds. The maximum atomic E-state index is 12.3. The second-order valence-corrected chi connectivity index (χ2v) is 8.59. The van der Waals surface area contributed by atoms with Gasteiger partial charge in [0.1, 0.15) is 11.3 Å². The Hall–Kier alpha value is -2.59. The number of carboxylic acids is 1. The molecule has 8 nitrogen and oxygen atoms in total. The van der Waals surface area contributed by atoms with Crippen molar-refractivity contribution in [2.45, 2.75) is 9.79 Å². The molecule has 0 aliphatic carbocycles. The summed E-state index contributed by atoms with van der Waals surface area (Å²) < 4.78 is 49.8. The molecule has 0 spiro atoms. The Kier molecular flexibility index (Phi) is 4.54. The quantitative estimate of drug-likeness (QED) is 0.720. The van der Waals surface area contributed by atoms with E-state index in [1.54, 1.807) is 0 Å². The predicted octanol–water partition coefficient (Wildman–Crippen LogP) is 1.29. The van der Waals surface area contributed by atoms with E-state index < -0.39 is 31.6 Å². The lowest BCUT2D eigenvalue weighted by atomic mass is 10.2. The number of sulfonamides is 1. The number of anilines is 1. The Morgan fingerprint density at radius 2 is 1.62 bits per heavy atom. The van der Waals surface area contributed by atoms with E-state index in [9.17, 15) is 26.7 Å². The minimum absolute atomic E-state index is 0.0674. The van der Waals surface area contributed by atoms with E-state index in [-0.39, 0.29) is 21.0 Å². The number of hydrogen-bond donors (Lipinski definition) is 3. The van der Waals surface area contributed by atoms with E-state index in [0.29, 0.717) is 0 Å². The molecular formula is C14H13NO7S2. The van der Waals surface area contributed by atoms with Gasteiger partial charge in [0.2, 0.25) is 0 Å². The largest absolute Gasteiger partial charge is 0.507 e. The summed E-state index contributed by atoms with van der Waals surface area (Å²) in [7, 11) is -7.70. The lowest BCUT2D eigenvalue weighted by molar-refractivity contribution is 0.0693. The van der Waals surface area contributed by atoms with Crippen LogP contribution in [0.25, 0.3) is 0 Å². The fourth-order valence-corrected chi connectivity index (χ4v) is 3.70. The van der Waals surface area contributed by atoms with Crippen LogP contribution in [0.15, 0.2) is 52.3 Å². The monoisotopic (exact) mass is 371 g/mol. The van der Waals surface area contributed by atoms with Crippen LogP contribution in [0.5, 0.6) is 5.75 Å². The number of benzene rings is 2. The summed E-state index contributed by atoms with van der Waals surface area (Å²) in [6.45, 7) is 0. The number of nitrogens with one attached hydrogen (secondary N) is 1. The van der Waals surface area contributed by atoms with Gasteiger partial charge in [-0.2, -0.15) is 0 Å². The summed E-state index contributed by atoms with van der Waals surface area (Å²) in [5.41, 5.74) is -0.445. The van der Waals surface area contributed by atoms with Gasteiger partial charge in [-0.15, -0.1) is 0 Å². The van der Waals surface area contributed by atoms with Crippen LogP contribution in [0, 0.1) is 0 Å². The number of rotatable bonds is 5. The van der Waals surface area contributed by atoms with Crippen molar-refractivity contribution in [2.75, 3.05) is 11.0 Å². The standard InChI is InChI=1S/C14H13NO7S2/c1-23(19,20)10-3-2-4-11(8-10)24(21,22)15-9-5-6-12(14(17)18)13(16)7-9/h2-8,15-16H,1H3,(H,17,18). The summed E-state index contributed by atoms with van der Waals surface area (Å²) in [6.07, 6.45) is 0.953. The lowest BCUT2D eigenvalue weighted by Gasteiger charge is -2.10. The maximum Gasteiger partial charge on any atom is 0.339 e. The van der Waals surface area contributed by atoms with Crippen molar-refractivity contribution in [3.8, 4) is 5.75 Å². The molecule has 0 bridgehead atoms. The molecule has 3 N–H and O–H groups in total. The third kappa shape index (κ3) is 3.84. The minimum Gasteiger partial charge on any atom is -0.507 e. The van der Waals surface area contributed by atoms with Crippen LogP contribution >= 0.6 is 0 Å². The fourth-order valence-electron chi connectivity index (χ4n) is 1.86. The maximum absolute atomic E-state index is 12.3. The van der Waals surface area contributed by atoms with Crippen molar-refractivity contribution in [3.63, 3.8) is 0 Å². The van der Waals surface area contributed by atoms with Gasteiger partial charge in [0.15, 0.2) is 9.84 Å². The highest BCUT2D eigenvalue weighted by atomic mass is 32.2. The smallest absolute Gasteiger partial charge is 0.339 e. The molecule has 0 aliphatic heterocycles.